The Bertz CT molecular complexity index is 1020. The predicted octanol–water partition coefficient (Wildman–Crippen LogP) is 1.82. The number of benzene rings is 2. The summed E-state index contributed by atoms with van der Waals surface area (Å²) in [6, 6.07) is 11.7. The number of nitrogens with two attached hydrogens (primary N) is 1. The molecule has 0 bridgehead atoms. The lowest BCUT2D eigenvalue weighted by atomic mass is 10.1. The zero-order valence-electron chi connectivity index (χ0n) is 11.4. The maximum absolute atomic E-state index is 12.6. The van der Waals surface area contributed by atoms with Crippen LogP contribution in [0.2, 0.25) is 0 Å². The molecule has 0 aliphatic rings. The van der Waals surface area contributed by atoms with Crippen LogP contribution < -0.4 is 10.6 Å². The fourth-order valence-electron chi connectivity index (χ4n) is 2.63. The third-order valence-corrected chi connectivity index (χ3v) is 4.50. The maximum Gasteiger partial charge on any atom is 0.238 e. The average Bonchev–Trinajstić information content (AvgIpc) is 2.47. The van der Waals surface area contributed by atoms with Crippen LogP contribution in [0.15, 0.2) is 52.2 Å². The van der Waals surface area contributed by atoms with Gasteiger partial charge in [0.05, 0.1) is 15.9 Å². The van der Waals surface area contributed by atoms with Gasteiger partial charge in [0.2, 0.25) is 10.0 Å². The molecule has 0 saturated heterocycles. The van der Waals surface area contributed by atoms with Gasteiger partial charge in [-0.3, -0.25) is 4.79 Å². The first kappa shape index (κ1) is 13.8. The van der Waals surface area contributed by atoms with E-state index in [9.17, 15) is 13.2 Å². The van der Waals surface area contributed by atoms with Gasteiger partial charge in [0.1, 0.15) is 0 Å². The predicted molar refractivity (Wildman–Crippen MR) is 82.8 cm³/mol. The van der Waals surface area contributed by atoms with Crippen LogP contribution >= 0.6 is 0 Å². The summed E-state index contributed by atoms with van der Waals surface area (Å²) in [6.07, 6.45) is 0. The third-order valence-electron chi connectivity index (χ3n) is 3.59. The van der Waals surface area contributed by atoms with E-state index in [1.54, 1.807) is 18.2 Å². The van der Waals surface area contributed by atoms with Gasteiger partial charge in [-0.05, 0) is 37.3 Å². The normalized spacial score (nSPS) is 12.1. The zero-order valence-corrected chi connectivity index (χ0v) is 12.2. The zero-order chi connectivity index (χ0) is 15.2. The van der Waals surface area contributed by atoms with E-state index in [1.807, 2.05) is 23.6 Å². The minimum atomic E-state index is -3.83. The van der Waals surface area contributed by atoms with Crippen LogP contribution in [-0.2, 0) is 16.6 Å². The van der Waals surface area contributed by atoms with Gasteiger partial charge in [-0.1, -0.05) is 12.1 Å². The quantitative estimate of drug-likeness (QED) is 0.733. The van der Waals surface area contributed by atoms with Crippen molar-refractivity contribution in [3.8, 4) is 0 Å². The van der Waals surface area contributed by atoms with Crippen molar-refractivity contribution >= 4 is 31.8 Å². The molecule has 21 heavy (non-hydrogen) atoms. The summed E-state index contributed by atoms with van der Waals surface area (Å²) < 4.78 is 24.9. The molecule has 0 spiro atoms. The smallest absolute Gasteiger partial charge is 0.238 e. The molecule has 0 aliphatic heterocycles. The number of nitrogens with zero attached hydrogens (tertiary/aromatic N) is 1. The first-order valence-corrected chi connectivity index (χ1v) is 8.06. The van der Waals surface area contributed by atoms with Crippen LogP contribution in [-0.4, -0.2) is 13.0 Å². The molecule has 0 radical (unpaired) electrons. The molecule has 0 amide bonds. The molecule has 5 nitrogen and oxygen atoms in total. The number of aryl methyl sites for hydroxylation is 1. The summed E-state index contributed by atoms with van der Waals surface area (Å²) in [5.41, 5.74) is 1.35. The number of primary sulfonamides is 1. The maximum atomic E-state index is 12.6. The Morgan fingerprint density at radius 1 is 1.05 bits per heavy atom. The van der Waals surface area contributed by atoms with Gasteiger partial charge < -0.3 is 4.57 Å². The number of sulfonamides is 1. The number of aromatic nitrogens is 1. The summed E-state index contributed by atoms with van der Waals surface area (Å²) in [5, 5.41) is 6.08. The Labute approximate surface area is 121 Å². The summed E-state index contributed by atoms with van der Waals surface area (Å²) >= 11 is 0. The van der Waals surface area contributed by atoms with Crippen molar-refractivity contribution in [1.82, 2.24) is 4.57 Å². The Morgan fingerprint density at radius 2 is 1.71 bits per heavy atom. The van der Waals surface area contributed by atoms with Crippen molar-refractivity contribution in [3.63, 3.8) is 0 Å². The highest BCUT2D eigenvalue weighted by Crippen LogP contribution is 2.21. The molecule has 0 fully saturated rings. The third kappa shape index (κ3) is 2.12. The van der Waals surface area contributed by atoms with Gasteiger partial charge in [0.15, 0.2) is 5.43 Å². The fourth-order valence-corrected chi connectivity index (χ4v) is 3.17. The summed E-state index contributed by atoms with van der Waals surface area (Å²) in [5.74, 6) is 0. The number of rotatable bonds is 2. The minimum absolute atomic E-state index is 0.0509. The van der Waals surface area contributed by atoms with Crippen molar-refractivity contribution in [2.75, 3.05) is 0 Å². The molecular weight excluding hydrogens is 288 g/mol. The lowest BCUT2D eigenvalue weighted by molar-refractivity contribution is 0.598. The van der Waals surface area contributed by atoms with Gasteiger partial charge in [-0.25, -0.2) is 13.6 Å². The van der Waals surface area contributed by atoms with Gasteiger partial charge in [-0.2, -0.15) is 0 Å². The largest absolute Gasteiger partial charge is 0.341 e. The molecule has 0 unspecified atom stereocenters. The lowest BCUT2D eigenvalue weighted by Crippen LogP contribution is -2.15. The number of fused-ring (bicyclic) bond motifs is 2. The van der Waals surface area contributed by atoms with Gasteiger partial charge in [-0.15, -0.1) is 0 Å². The SMILES string of the molecule is CCn1c2ccccc2c(=O)c2cc(S(N)(=O)=O)ccc21. The molecule has 108 valence electrons. The molecule has 2 N–H and O–H groups in total. The second kappa shape index (κ2) is 4.68. The van der Waals surface area contributed by atoms with E-state index in [4.69, 9.17) is 5.14 Å². The number of hydrogen-bond donors (Lipinski definition) is 1. The number of para-hydroxylation sites is 1. The Hall–Kier alpha value is -2.18. The van der Waals surface area contributed by atoms with Crippen molar-refractivity contribution in [3.05, 3.63) is 52.7 Å². The van der Waals surface area contributed by atoms with Gasteiger partial charge >= 0.3 is 0 Å². The van der Waals surface area contributed by atoms with Gasteiger partial charge in [0.25, 0.3) is 0 Å². The Balaban J connectivity index is 2.57. The van der Waals surface area contributed by atoms with Crippen LogP contribution in [0.25, 0.3) is 21.8 Å². The van der Waals surface area contributed by atoms with Crippen LogP contribution in [0.1, 0.15) is 6.92 Å². The highest BCUT2D eigenvalue weighted by atomic mass is 32.2. The first-order valence-electron chi connectivity index (χ1n) is 6.51. The highest BCUT2D eigenvalue weighted by Gasteiger charge is 2.13. The first-order chi connectivity index (χ1) is 9.93. The molecule has 1 heterocycles. The topological polar surface area (TPSA) is 82.2 Å². The van der Waals surface area contributed by atoms with Crippen molar-refractivity contribution in [1.29, 1.82) is 0 Å². The van der Waals surface area contributed by atoms with E-state index in [-0.39, 0.29) is 10.3 Å². The Kier molecular flexibility index (Phi) is 3.07. The number of pyridine rings is 1. The molecule has 0 aliphatic carbocycles. The molecule has 3 aromatic rings. The number of hydrogen-bond acceptors (Lipinski definition) is 3. The minimum Gasteiger partial charge on any atom is -0.341 e. The average molecular weight is 302 g/mol. The van der Waals surface area contributed by atoms with E-state index >= 15 is 0 Å². The van der Waals surface area contributed by atoms with Gasteiger partial charge in [0, 0.05) is 17.3 Å². The molecule has 1 aromatic heterocycles. The fraction of sp³-hybridized carbons (Fsp3) is 0.133. The molecular formula is C15H14N2O3S. The van der Waals surface area contributed by atoms with E-state index < -0.39 is 10.0 Å². The second-order valence-electron chi connectivity index (χ2n) is 4.81. The molecule has 0 atom stereocenters. The second-order valence-corrected chi connectivity index (χ2v) is 6.38. The molecule has 2 aromatic carbocycles. The van der Waals surface area contributed by atoms with Crippen LogP contribution in [0.3, 0.4) is 0 Å². The monoisotopic (exact) mass is 302 g/mol. The van der Waals surface area contributed by atoms with E-state index in [0.29, 0.717) is 22.8 Å². The van der Waals surface area contributed by atoms with E-state index in [0.717, 1.165) is 5.52 Å². The lowest BCUT2D eigenvalue weighted by Gasteiger charge is -2.13. The van der Waals surface area contributed by atoms with Crippen molar-refractivity contribution < 1.29 is 8.42 Å². The van der Waals surface area contributed by atoms with E-state index in [2.05, 4.69) is 0 Å². The van der Waals surface area contributed by atoms with Crippen LogP contribution in [0.4, 0.5) is 0 Å². The van der Waals surface area contributed by atoms with Crippen LogP contribution in [0, 0.1) is 0 Å². The molecule has 0 saturated carbocycles. The van der Waals surface area contributed by atoms with Crippen LogP contribution in [0.5, 0.6) is 0 Å². The molecule has 6 heteroatoms. The summed E-state index contributed by atoms with van der Waals surface area (Å²) in [7, 11) is -3.83. The highest BCUT2D eigenvalue weighted by molar-refractivity contribution is 7.89. The Morgan fingerprint density at radius 3 is 2.38 bits per heavy atom. The van der Waals surface area contributed by atoms with Crippen molar-refractivity contribution in [2.45, 2.75) is 18.4 Å². The van der Waals surface area contributed by atoms with Crippen molar-refractivity contribution in [2.24, 2.45) is 5.14 Å². The standard InChI is InChI=1S/C15H14N2O3S/c1-2-17-13-6-4-3-5-11(13)15(18)12-9-10(21(16,19)20)7-8-14(12)17/h3-9H,2H2,1H3,(H2,16,19,20). The summed E-state index contributed by atoms with van der Waals surface area (Å²) in [6.45, 7) is 2.65. The van der Waals surface area contributed by atoms with E-state index in [1.165, 1.54) is 12.1 Å². The summed E-state index contributed by atoms with van der Waals surface area (Å²) in [4.78, 5) is 12.5. The molecule has 3 rings (SSSR count).